The van der Waals surface area contributed by atoms with E-state index in [1.165, 1.54) is 0 Å². The molecule has 4 nitrogen and oxygen atoms in total. The van der Waals surface area contributed by atoms with Crippen molar-refractivity contribution in [2.45, 2.75) is 24.5 Å². The molecule has 5 rings (SSSR count). The van der Waals surface area contributed by atoms with Gasteiger partial charge in [0.1, 0.15) is 21.5 Å². The van der Waals surface area contributed by atoms with Crippen molar-refractivity contribution in [1.82, 2.24) is 0 Å². The third-order valence-corrected chi connectivity index (χ3v) is 9.36. The number of benzene rings is 4. The monoisotopic (exact) mass is 447 g/mol. The van der Waals surface area contributed by atoms with Crippen molar-refractivity contribution in [2.24, 2.45) is 0 Å². The lowest BCUT2D eigenvalue weighted by Gasteiger charge is -2.21. The molecule has 31 heavy (non-hydrogen) atoms. The van der Waals surface area contributed by atoms with Gasteiger partial charge in [0.25, 0.3) is 0 Å². The smallest absolute Gasteiger partial charge is 0.211 e. The Morgan fingerprint density at radius 3 is 1.90 bits per heavy atom. The van der Waals surface area contributed by atoms with Crippen LogP contribution in [-0.4, -0.2) is 15.5 Å². The first-order chi connectivity index (χ1) is 15.1. The van der Waals surface area contributed by atoms with Crippen LogP contribution in [0.4, 0.5) is 0 Å². The normalized spacial score (nSPS) is 13.1. The van der Waals surface area contributed by atoms with E-state index in [9.17, 15) is 8.42 Å². The Kier molecular flexibility index (Phi) is 4.96. The summed E-state index contributed by atoms with van der Waals surface area (Å²) >= 11 is 0. The van der Waals surface area contributed by atoms with Crippen molar-refractivity contribution in [3.05, 3.63) is 97.1 Å². The molecule has 0 radical (unpaired) electrons. The summed E-state index contributed by atoms with van der Waals surface area (Å²) in [6, 6.07) is 29.2. The van der Waals surface area contributed by atoms with Crippen molar-refractivity contribution in [3.8, 4) is 17.2 Å². The van der Waals surface area contributed by atoms with E-state index in [-0.39, 0.29) is 9.79 Å². The summed E-state index contributed by atoms with van der Waals surface area (Å²) in [6.45, 7) is 0. The van der Waals surface area contributed by atoms with Gasteiger partial charge in [-0.25, -0.2) is 8.42 Å². The first-order valence-corrected chi connectivity index (χ1v) is 12.4. The summed E-state index contributed by atoms with van der Waals surface area (Å²) in [4.78, 5) is 3.11. The number of para-hydroxylation sites is 2. The molecule has 0 bridgehead atoms. The molecule has 4 aromatic carbocycles. The van der Waals surface area contributed by atoms with E-state index in [1.807, 2.05) is 54.6 Å². The average Bonchev–Trinajstić information content (AvgIpc) is 2.82. The highest BCUT2D eigenvalue weighted by Crippen LogP contribution is 2.49. The highest BCUT2D eigenvalue weighted by atomic mass is 32.2. The van der Waals surface area contributed by atoms with Crippen LogP contribution < -0.4 is 9.47 Å². The number of hydrogen-bond donors (Lipinski definition) is 0. The van der Waals surface area contributed by atoms with E-state index < -0.39 is 20.7 Å². The molecule has 0 N–H and O–H groups in total. The van der Waals surface area contributed by atoms with E-state index in [0.29, 0.717) is 10.6 Å². The second-order valence-corrected chi connectivity index (χ2v) is 10.8. The standard InChI is InChI=1S/C25H19O4S2/c1-28-18-15-16-25(31(26,27)19-9-3-2-4-10-19)24(17-18)30-22-13-7-5-11-20(22)29-21-12-6-8-14-23(21)30/h2-17H,1H3/q+1. The van der Waals surface area contributed by atoms with Crippen LogP contribution in [0.1, 0.15) is 0 Å². The fraction of sp³-hybridized carbons (Fsp3) is 0.0400. The summed E-state index contributed by atoms with van der Waals surface area (Å²) < 4.78 is 38.9. The first kappa shape index (κ1) is 19.7. The molecule has 4 aromatic rings. The Labute approximate surface area is 184 Å². The van der Waals surface area contributed by atoms with Crippen molar-refractivity contribution in [2.75, 3.05) is 7.11 Å². The average molecular weight is 448 g/mol. The fourth-order valence-electron chi connectivity index (χ4n) is 3.60. The summed E-state index contributed by atoms with van der Waals surface area (Å²) in [5.74, 6) is 2.07. The Morgan fingerprint density at radius 1 is 0.710 bits per heavy atom. The Morgan fingerprint density at radius 2 is 1.29 bits per heavy atom. The van der Waals surface area contributed by atoms with Crippen LogP contribution >= 0.6 is 0 Å². The zero-order valence-electron chi connectivity index (χ0n) is 16.7. The maximum Gasteiger partial charge on any atom is 0.211 e. The second-order valence-electron chi connectivity index (χ2n) is 6.93. The molecule has 154 valence electrons. The lowest BCUT2D eigenvalue weighted by atomic mass is 10.3. The van der Waals surface area contributed by atoms with E-state index in [0.717, 1.165) is 21.3 Å². The Balaban J connectivity index is 1.81. The molecule has 1 aliphatic rings. The molecule has 0 saturated carbocycles. The second kappa shape index (κ2) is 7.80. The summed E-state index contributed by atoms with van der Waals surface area (Å²) in [5, 5.41) is 0. The van der Waals surface area contributed by atoms with Gasteiger partial charge < -0.3 is 9.47 Å². The van der Waals surface area contributed by atoms with Gasteiger partial charge in [0.05, 0.1) is 12.0 Å². The van der Waals surface area contributed by atoms with Crippen LogP contribution in [-0.2, 0) is 20.7 Å². The third kappa shape index (κ3) is 3.38. The summed E-state index contributed by atoms with van der Waals surface area (Å²) in [6.07, 6.45) is 0. The van der Waals surface area contributed by atoms with Crippen LogP contribution in [0.25, 0.3) is 0 Å². The maximum absolute atomic E-state index is 13.7. The van der Waals surface area contributed by atoms with Crippen LogP contribution in [0.5, 0.6) is 17.2 Å². The number of rotatable bonds is 4. The molecule has 1 heterocycles. The minimum Gasteiger partial charge on any atom is -0.497 e. The van der Waals surface area contributed by atoms with Crippen LogP contribution in [0.15, 0.2) is 122 Å². The number of fused-ring (bicyclic) bond motifs is 2. The van der Waals surface area contributed by atoms with E-state index >= 15 is 0 Å². The summed E-state index contributed by atoms with van der Waals surface area (Å²) in [5.41, 5.74) is 0. The van der Waals surface area contributed by atoms with E-state index in [1.54, 1.807) is 49.6 Å². The zero-order chi connectivity index (χ0) is 21.4. The molecule has 0 unspecified atom stereocenters. The first-order valence-electron chi connectivity index (χ1n) is 9.68. The van der Waals surface area contributed by atoms with Crippen molar-refractivity contribution in [1.29, 1.82) is 0 Å². The molecule has 0 spiro atoms. The van der Waals surface area contributed by atoms with E-state index in [2.05, 4.69) is 0 Å². The SMILES string of the molecule is COc1ccc(S(=O)(=O)c2ccccc2)c([S+]2c3ccccc3Oc3ccccc32)c1. The topological polar surface area (TPSA) is 52.6 Å². The lowest BCUT2D eigenvalue weighted by molar-refractivity contribution is 0.413. The number of sulfone groups is 1. The highest BCUT2D eigenvalue weighted by Gasteiger charge is 2.43. The Hall–Kier alpha value is -3.22. The predicted molar refractivity (Wildman–Crippen MR) is 120 cm³/mol. The van der Waals surface area contributed by atoms with Gasteiger partial charge in [-0.2, -0.15) is 0 Å². The van der Waals surface area contributed by atoms with Crippen LogP contribution in [0, 0.1) is 0 Å². The minimum absolute atomic E-state index is 0.264. The zero-order valence-corrected chi connectivity index (χ0v) is 18.3. The van der Waals surface area contributed by atoms with Gasteiger partial charge in [-0.05, 0) is 48.5 Å². The van der Waals surface area contributed by atoms with Gasteiger partial charge in [-0.1, -0.05) is 42.5 Å². The largest absolute Gasteiger partial charge is 0.497 e. The van der Waals surface area contributed by atoms with Crippen LogP contribution in [0.3, 0.4) is 0 Å². The molecule has 0 aromatic heterocycles. The summed E-state index contributed by atoms with van der Waals surface area (Å²) in [7, 11) is -2.84. The Bertz CT molecular complexity index is 1320. The van der Waals surface area contributed by atoms with Crippen molar-refractivity contribution in [3.63, 3.8) is 0 Å². The molecule has 6 heteroatoms. The number of methoxy groups -OCH3 is 1. The van der Waals surface area contributed by atoms with Gasteiger partial charge in [0.2, 0.25) is 19.6 Å². The van der Waals surface area contributed by atoms with Gasteiger partial charge in [-0.15, -0.1) is 0 Å². The molecular formula is C25H19O4S2+. The number of ether oxygens (including phenoxy) is 2. The quantitative estimate of drug-likeness (QED) is 0.330. The molecule has 0 aliphatic carbocycles. The van der Waals surface area contributed by atoms with Gasteiger partial charge in [-0.3, -0.25) is 0 Å². The maximum atomic E-state index is 13.7. The molecule has 0 fully saturated rings. The van der Waals surface area contributed by atoms with Gasteiger partial charge in [0, 0.05) is 6.07 Å². The molecule has 0 saturated heterocycles. The van der Waals surface area contributed by atoms with Crippen molar-refractivity contribution < 1.29 is 17.9 Å². The number of hydrogen-bond acceptors (Lipinski definition) is 4. The van der Waals surface area contributed by atoms with Crippen molar-refractivity contribution >= 4 is 20.7 Å². The molecule has 0 amide bonds. The van der Waals surface area contributed by atoms with Gasteiger partial charge in [0.15, 0.2) is 16.4 Å². The van der Waals surface area contributed by atoms with E-state index in [4.69, 9.17) is 9.47 Å². The molecular weight excluding hydrogens is 428 g/mol. The third-order valence-electron chi connectivity index (χ3n) is 5.07. The minimum atomic E-state index is -3.74. The molecule has 0 atom stereocenters. The highest BCUT2D eigenvalue weighted by molar-refractivity contribution is 7.98. The van der Waals surface area contributed by atoms with Crippen LogP contribution in [0.2, 0.25) is 0 Å². The molecule has 1 aliphatic heterocycles. The lowest BCUT2D eigenvalue weighted by Crippen LogP contribution is -2.16. The van der Waals surface area contributed by atoms with Gasteiger partial charge >= 0.3 is 0 Å². The fourth-order valence-corrected chi connectivity index (χ4v) is 7.79. The predicted octanol–water partition coefficient (Wildman–Crippen LogP) is 5.73.